The highest BCUT2D eigenvalue weighted by molar-refractivity contribution is 6.30. The van der Waals surface area contributed by atoms with Crippen LogP contribution in [-0.2, 0) is 13.2 Å². The summed E-state index contributed by atoms with van der Waals surface area (Å²) >= 11 is 5.83. The van der Waals surface area contributed by atoms with Gasteiger partial charge < -0.3 is 14.3 Å². The van der Waals surface area contributed by atoms with Gasteiger partial charge in [0.15, 0.2) is 0 Å². The molecule has 1 unspecified atom stereocenters. The lowest BCUT2D eigenvalue weighted by molar-refractivity contribution is 0.0763. The molecule has 1 atom stereocenters. The molecule has 1 aliphatic rings. The van der Waals surface area contributed by atoms with Crippen LogP contribution < -0.4 is 4.74 Å². The van der Waals surface area contributed by atoms with Gasteiger partial charge in [0.2, 0.25) is 5.88 Å². The van der Waals surface area contributed by atoms with Crippen LogP contribution in [0.2, 0.25) is 5.02 Å². The number of hydrogen-bond donors (Lipinski definition) is 1. The summed E-state index contributed by atoms with van der Waals surface area (Å²) < 4.78 is 11.5. The van der Waals surface area contributed by atoms with Crippen LogP contribution in [0.5, 0.6) is 5.88 Å². The summed E-state index contributed by atoms with van der Waals surface area (Å²) in [5, 5.41) is 9.65. The van der Waals surface area contributed by atoms with Crippen molar-refractivity contribution in [2.45, 2.75) is 32.1 Å². The topological polar surface area (TPSA) is 58.7 Å². The first-order valence-electron chi connectivity index (χ1n) is 7.42. The maximum atomic E-state index is 9.04. The van der Waals surface area contributed by atoms with Crippen LogP contribution in [0.4, 0.5) is 0 Å². The molecule has 6 heteroatoms. The van der Waals surface area contributed by atoms with E-state index in [1.165, 1.54) is 0 Å². The highest BCUT2D eigenvalue weighted by Crippen LogP contribution is 2.20. The monoisotopic (exact) mass is 322 g/mol. The van der Waals surface area contributed by atoms with Crippen molar-refractivity contribution in [2.75, 3.05) is 13.1 Å². The first-order valence-corrected chi connectivity index (χ1v) is 7.80. The number of aliphatic hydroxyl groups excluding tert-OH is 1. The van der Waals surface area contributed by atoms with Gasteiger partial charge in [-0.3, -0.25) is 4.90 Å². The van der Waals surface area contributed by atoms with Crippen molar-refractivity contribution in [3.63, 3.8) is 0 Å². The molecule has 3 heterocycles. The summed E-state index contributed by atoms with van der Waals surface area (Å²) in [5.41, 5.74) is 0. The van der Waals surface area contributed by atoms with Gasteiger partial charge in [-0.15, -0.1) is 0 Å². The SMILES string of the molecule is OCc1ccc(CN2CCCC(Oc3ccc(Cl)cn3)C2)o1. The third-order valence-corrected chi connectivity index (χ3v) is 3.93. The molecule has 1 aliphatic heterocycles. The van der Waals surface area contributed by atoms with Crippen LogP contribution in [-0.4, -0.2) is 34.2 Å². The summed E-state index contributed by atoms with van der Waals surface area (Å²) in [6.07, 6.45) is 3.80. The zero-order chi connectivity index (χ0) is 15.4. The Labute approximate surface area is 134 Å². The Kier molecular flexibility index (Phi) is 4.97. The Bertz CT molecular complexity index is 600. The van der Waals surface area contributed by atoms with E-state index >= 15 is 0 Å². The summed E-state index contributed by atoms with van der Waals surface area (Å²) in [6.45, 7) is 2.52. The van der Waals surface area contributed by atoms with Crippen molar-refractivity contribution in [3.8, 4) is 5.88 Å². The quantitative estimate of drug-likeness (QED) is 0.917. The van der Waals surface area contributed by atoms with E-state index in [1.54, 1.807) is 18.3 Å². The number of nitrogens with zero attached hydrogens (tertiary/aromatic N) is 2. The van der Waals surface area contributed by atoms with Crippen LogP contribution in [0.1, 0.15) is 24.4 Å². The number of likely N-dealkylation sites (tertiary alicyclic amines) is 1. The van der Waals surface area contributed by atoms with E-state index < -0.39 is 0 Å². The lowest BCUT2D eigenvalue weighted by Crippen LogP contribution is -2.40. The number of furan rings is 1. The second-order valence-electron chi connectivity index (χ2n) is 5.46. The second-order valence-corrected chi connectivity index (χ2v) is 5.89. The maximum absolute atomic E-state index is 9.04. The van der Waals surface area contributed by atoms with E-state index in [0.717, 1.165) is 38.2 Å². The zero-order valence-corrected chi connectivity index (χ0v) is 13.0. The van der Waals surface area contributed by atoms with Gasteiger partial charge in [-0.2, -0.15) is 0 Å². The summed E-state index contributed by atoms with van der Waals surface area (Å²) in [4.78, 5) is 6.47. The summed E-state index contributed by atoms with van der Waals surface area (Å²) in [5.74, 6) is 2.08. The fourth-order valence-electron chi connectivity index (χ4n) is 2.67. The van der Waals surface area contributed by atoms with Gasteiger partial charge in [0, 0.05) is 18.8 Å². The smallest absolute Gasteiger partial charge is 0.213 e. The van der Waals surface area contributed by atoms with Crippen molar-refractivity contribution in [1.82, 2.24) is 9.88 Å². The highest BCUT2D eigenvalue weighted by Gasteiger charge is 2.22. The Morgan fingerprint density at radius 3 is 2.91 bits per heavy atom. The molecule has 5 nitrogen and oxygen atoms in total. The fraction of sp³-hybridized carbons (Fsp3) is 0.438. The van der Waals surface area contributed by atoms with Gasteiger partial charge in [-0.25, -0.2) is 4.98 Å². The molecule has 1 N–H and O–H groups in total. The first-order chi connectivity index (χ1) is 10.7. The minimum absolute atomic E-state index is 0.0615. The lowest BCUT2D eigenvalue weighted by Gasteiger charge is -2.31. The number of rotatable bonds is 5. The van der Waals surface area contributed by atoms with Gasteiger partial charge in [0.1, 0.15) is 24.2 Å². The molecule has 0 saturated carbocycles. The van der Waals surface area contributed by atoms with E-state index in [4.69, 9.17) is 25.9 Å². The Balaban J connectivity index is 1.55. The molecule has 0 radical (unpaired) electrons. The van der Waals surface area contributed by atoms with Crippen molar-refractivity contribution >= 4 is 11.6 Å². The van der Waals surface area contributed by atoms with Crippen molar-refractivity contribution in [2.24, 2.45) is 0 Å². The number of pyridine rings is 1. The zero-order valence-electron chi connectivity index (χ0n) is 12.2. The van der Waals surface area contributed by atoms with Crippen LogP contribution in [0, 0.1) is 0 Å². The van der Waals surface area contributed by atoms with E-state index in [2.05, 4.69) is 9.88 Å². The molecule has 2 aromatic heterocycles. The third-order valence-electron chi connectivity index (χ3n) is 3.70. The first kappa shape index (κ1) is 15.3. The predicted octanol–water partition coefficient (Wildman–Crippen LogP) is 2.86. The molecule has 0 spiro atoms. The number of ether oxygens (including phenoxy) is 1. The molecule has 0 aliphatic carbocycles. The fourth-order valence-corrected chi connectivity index (χ4v) is 2.78. The molecule has 1 saturated heterocycles. The standard InChI is InChI=1S/C16H19ClN2O3/c17-12-3-6-16(18-8-12)22-13-2-1-7-19(9-13)10-14-4-5-15(11-20)21-14/h3-6,8,13,20H,1-2,7,9-11H2. The molecule has 118 valence electrons. The largest absolute Gasteiger partial charge is 0.473 e. The van der Waals surface area contributed by atoms with Gasteiger partial charge in [0.25, 0.3) is 0 Å². The highest BCUT2D eigenvalue weighted by atomic mass is 35.5. The average molecular weight is 323 g/mol. The Morgan fingerprint density at radius 2 is 2.18 bits per heavy atom. The number of aliphatic hydroxyl groups is 1. The Morgan fingerprint density at radius 1 is 1.32 bits per heavy atom. The number of halogens is 1. The minimum atomic E-state index is -0.0615. The summed E-state index contributed by atoms with van der Waals surface area (Å²) in [7, 11) is 0. The molecule has 0 aromatic carbocycles. The van der Waals surface area contributed by atoms with Gasteiger partial charge in [-0.1, -0.05) is 11.6 Å². The van der Waals surface area contributed by atoms with E-state index in [0.29, 0.717) is 16.7 Å². The number of aromatic nitrogens is 1. The van der Waals surface area contributed by atoms with E-state index in [1.807, 2.05) is 12.1 Å². The van der Waals surface area contributed by atoms with Crippen molar-refractivity contribution in [1.29, 1.82) is 0 Å². The van der Waals surface area contributed by atoms with Crippen LogP contribution in [0.25, 0.3) is 0 Å². The molecule has 22 heavy (non-hydrogen) atoms. The van der Waals surface area contributed by atoms with Gasteiger partial charge >= 0.3 is 0 Å². The van der Waals surface area contributed by atoms with Crippen LogP contribution >= 0.6 is 11.6 Å². The molecule has 1 fully saturated rings. The molecular formula is C16H19ClN2O3. The molecule has 0 bridgehead atoms. The minimum Gasteiger partial charge on any atom is -0.473 e. The van der Waals surface area contributed by atoms with Gasteiger partial charge in [-0.05, 0) is 37.6 Å². The molecule has 2 aromatic rings. The Hall–Kier alpha value is -1.56. The normalized spacial score (nSPS) is 19.3. The second kappa shape index (κ2) is 7.13. The number of hydrogen-bond acceptors (Lipinski definition) is 5. The third kappa shape index (κ3) is 4.00. The predicted molar refractivity (Wildman–Crippen MR) is 82.8 cm³/mol. The average Bonchev–Trinajstić information content (AvgIpc) is 2.98. The van der Waals surface area contributed by atoms with Crippen LogP contribution in [0.3, 0.4) is 0 Å². The van der Waals surface area contributed by atoms with Gasteiger partial charge in [0.05, 0.1) is 11.6 Å². The van der Waals surface area contributed by atoms with E-state index in [9.17, 15) is 0 Å². The molecule has 0 amide bonds. The molecule has 3 rings (SSSR count). The number of piperidine rings is 1. The summed E-state index contributed by atoms with van der Waals surface area (Å²) in [6, 6.07) is 7.30. The van der Waals surface area contributed by atoms with Crippen molar-refractivity contribution < 1.29 is 14.3 Å². The van der Waals surface area contributed by atoms with E-state index in [-0.39, 0.29) is 12.7 Å². The molecular weight excluding hydrogens is 304 g/mol. The van der Waals surface area contributed by atoms with Crippen LogP contribution in [0.15, 0.2) is 34.9 Å². The lowest BCUT2D eigenvalue weighted by atomic mass is 10.1. The van der Waals surface area contributed by atoms with Crippen molar-refractivity contribution in [3.05, 3.63) is 47.0 Å². The maximum Gasteiger partial charge on any atom is 0.213 e.